The molecule has 0 amide bonds. The van der Waals surface area contributed by atoms with Crippen LogP contribution in [0.1, 0.15) is 37.9 Å². The van der Waals surface area contributed by atoms with Gasteiger partial charge in [0.15, 0.2) is 4.80 Å². The van der Waals surface area contributed by atoms with Gasteiger partial charge in [0.1, 0.15) is 5.75 Å². The van der Waals surface area contributed by atoms with Crippen LogP contribution in [0, 0.1) is 0 Å². The van der Waals surface area contributed by atoms with E-state index in [1.807, 2.05) is 30.5 Å². The van der Waals surface area contributed by atoms with Crippen molar-refractivity contribution in [1.29, 1.82) is 0 Å². The van der Waals surface area contributed by atoms with Crippen LogP contribution in [0.15, 0.2) is 74.5 Å². The van der Waals surface area contributed by atoms with Crippen molar-refractivity contribution in [3.05, 3.63) is 90.6 Å². The van der Waals surface area contributed by atoms with E-state index in [2.05, 4.69) is 9.73 Å². The second-order valence-corrected chi connectivity index (χ2v) is 10.1. The summed E-state index contributed by atoms with van der Waals surface area (Å²) in [4.78, 5) is 32.8. The number of carbonyl (C=O) groups is 1. The molecular formula is C26H24F2N2O4S2. The summed E-state index contributed by atoms with van der Waals surface area (Å²) in [5, 5.41) is 0. The first-order chi connectivity index (χ1) is 17.2. The largest absolute Gasteiger partial charge is 0.459 e. The van der Waals surface area contributed by atoms with E-state index in [4.69, 9.17) is 4.74 Å². The number of fused-ring (bicyclic) bond motifs is 1. The molecule has 1 aliphatic heterocycles. The van der Waals surface area contributed by atoms with Crippen molar-refractivity contribution in [3.63, 3.8) is 0 Å². The molecule has 4 rings (SSSR count). The highest BCUT2D eigenvalue weighted by molar-refractivity contribution is 7.98. The van der Waals surface area contributed by atoms with Gasteiger partial charge in [0, 0.05) is 10.5 Å². The summed E-state index contributed by atoms with van der Waals surface area (Å²) in [6, 6.07) is 13.1. The van der Waals surface area contributed by atoms with Gasteiger partial charge in [-0.3, -0.25) is 9.36 Å². The molecule has 1 aliphatic rings. The number of thiazole rings is 1. The Morgan fingerprint density at radius 3 is 2.50 bits per heavy atom. The van der Waals surface area contributed by atoms with Crippen molar-refractivity contribution in [2.75, 3.05) is 6.26 Å². The summed E-state index contributed by atoms with van der Waals surface area (Å²) in [5.41, 5.74) is 1.40. The first-order valence-corrected chi connectivity index (χ1v) is 13.1. The summed E-state index contributed by atoms with van der Waals surface area (Å²) in [5.74, 6) is -0.588. The molecule has 0 spiro atoms. The Morgan fingerprint density at radius 2 is 1.86 bits per heavy atom. The molecule has 0 radical (unpaired) electrons. The van der Waals surface area contributed by atoms with Gasteiger partial charge in [-0.15, -0.1) is 11.8 Å². The van der Waals surface area contributed by atoms with Crippen molar-refractivity contribution in [3.8, 4) is 5.75 Å². The summed E-state index contributed by atoms with van der Waals surface area (Å²) in [6.07, 6.45) is 3.11. The molecule has 6 nitrogen and oxygen atoms in total. The van der Waals surface area contributed by atoms with Gasteiger partial charge in [-0.1, -0.05) is 41.7 Å². The van der Waals surface area contributed by atoms with Crippen LogP contribution in [-0.2, 0) is 9.53 Å². The summed E-state index contributed by atoms with van der Waals surface area (Å²) in [6.45, 7) is 2.22. The molecule has 0 N–H and O–H groups in total. The van der Waals surface area contributed by atoms with Gasteiger partial charge in [-0.2, -0.15) is 8.78 Å². The first kappa shape index (κ1) is 25.8. The van der Waals surface area contributed by atoms with E-state index in [1.54, 1.807) is 50.7 Å². The minimum Gasteiger partial charge on any atom is -0.459 e. The highest BCUT2D eigenvalue weighted by Crippen LogP contribution is 2.32. The van der Waals surface area contributed by atoms with Crippen molar-refractivity contribution in [2.24, 2.45) is 4.99 Å². The average molecular weight is 531 g/mol. The predicted octanol–water partition coefficient (Wildman–Crippen LogP) is 4.51. The molecule has 0 saturated heterocycles. The lowest BCUT2D eigenvalue weighted by Gasteiger charge is -2.25. The number of para-hydroxylation sites is 1. The van der Waals surface area contributed by atoms with Crippen molar-refractivity contribution < 1.29 is 23.0 Å². The molecule has 1 aromatic heterocycles. The number of halogens is 2. The van der Waals surface area contributed by atoms with Crippen LogP contribution in [0.3, 0.4) is 0 Å². The van der Waals surface area contributed by atoms with Crippen LogP contribution in [0.5, 0.6) is 5.75 Å². The second kappa shape index (κ2) is 10.8. The number of hydrogen-bond donors (Lipinski definition) is 0. The monoisotopic (exact) mass is 530 g/mol. The smallest absolute Gasteiger partial charge is 0.387 e. The Morgan fingerprint density at radius 1 is 1.17 bits per heavy atom. The molecule has 0 unspecified atom stereocenters. The Kier molecular flexibility index (Phi) is 7.75. The van der Waals surface area contributed by atoms with E-state index in [0.717, 1.165) is 21.8 Å². The summed E-state index contributed by atoms with van der Waals surface area (Å²) in [7, 11) is 0. The summed E-state index contributed by atoms with van der Waals surface area (Å²) < 4.78 is 37.6. The van der Waals surface area contributed by atoms with Gasteiger partial charge in [0.25, 0.3) is 5.56 Å². The van der Waals surface area contributed by atoms with Gasteiger partial charge in [0.2, 0.25) is 0 Å². The average Bonchev–Trinajstić information content (AvgIpc) is 3.13. The Labute approximate surface area is 214 Å². The number of nitrogens with zero attached hydrogens (tertiary/aromatic N) is 2. The second-order valence-electron chi connectivity index (χ2n) is 8.23. The zero-order valence-corrected chi connectivity index (χ0v) is 21.7. The van der Waals surface area contributed by atoms with Crippen molar-refractivity contribution in [1.82, 2.24) is 4.57 Å². The lowest BCUT2D eigenvalue weighted by molar-refractivity contribution is -0.143. The Hall–Kier alpha value is -3.24. The molecule has 0 saturated carbocycles. The third-order valence-electron chi connectivity index (χ3n) is 5.44. The van der Waals surface area contributed by atoms with Crippen molar-refractivity contribution >= 4 is 35.1 Å². The van der Waals surface area contributed by atoms with E-state index in [0.29, 0.717) is 16.1 Å². The molecular weight excluding hydrogens is 506 g/mol. The molecule has 0 aliphatic carbocycles. The lowest BCUT2D eigenvalue weighted by atomic mass is 9.96. The third kappa shape index (κ3) is 5.29. The number of aromatic nitrogens is 1. The molecule has 0 bridgehead atoms. The standard InChI is InChI=1S/C26H24F2N2O4S2/c1-14(2)33-24(32)21-15(3)29-26-30(22(21)16-9-11-18(35-4)12-10-16)23(31)20(36-26)13-17-7-5-6-8-19(17)34-25(27)28/h5-14,22,25H,1-4H3/b20-13-/t22-/m0/s1. The molecule has 3 aromatic rings. The van der Waals surface area contributed by atoms with E-state index in [9.17, 15) is 18.4 Å². The highest BCUT2D eigenvalue weighted by Gasteiger charge is 2.33. The number of rotatable bonds is 7. The van der Waals surface area contributed by atoms with Gasteiger partial charge in [-0.25, -0.2) is 9.79 Å². The number of allylic oxidation sites excluding steroid dienone is 1. The van der Waals surface area contributed by atoms with Crippen LogP contribution >= 0.6 is 23.1 Å². The van der Waals surface area contributed by atoms with Gasteiger partial charge < -0.3 is 9.47 Å². The maximum absolute atomic E-state index is 13.7. The first-order valence-electron chi connectivity index (χ1n) is 11.1. The predicted molar refractivity (Wildman–Crippen MR) is 136 cm³/mol. The molecule has 0 fully saturated rings. The van der Waals surface area contributed by atoms with Gasteiger partial charge in [-0.05, 0) is 56.9 Å². The fraction of sp³-hybridized carbons (Fsp3) is 0.269. The van der Waals surface area contributed by atoms with Crippen LogP contribution in [0.2, 0.25) is 0 Å². The van der Waals surface area contributed by atoms with Crippen LogP contribution < -0.4 is 19.6 Å². The normalized spacial score (nSPS) is 15.8. The Balaban J connectivity index is 1.92. The third-order valence-corrected chi connectivity index (χ3v) is 7.16. The maximum Gasteiger partial charge on any atom is 0.387 e. The molecule has 36 heavy (non-hydrogen) atoms. The Bertz CT molecular complexity index is 1490. The van der Waals surface area contributed by atoms with Gasteiger partial charge in [0.05, 0.1) is 27.9 Å². The van der Waals surface area contributed by atoms with Crippen LogP contribution in [0.4, 0.5) is 8.78 Å². The van der Waals surface area contributed by atoms with E-state index in [-0.39, 0.29) is 22.0 Å². The molecule has 188 valence electrons. The van der Waals surface area contributed by atoms with Gasteiger partial charge >= 0.3 is 12.6 Å². The number of alkyl halides is 2. The quantitative estimate of drug-likeness (QED) is 0.332. The van der Waals surface area contributed by atoms with E-state index in [1.165, 1.54) is 16.7 Å². The highest BCUT2D eigenvalue weighted by atomic mass is 32.2. The molecule has 2 aromatic carbocycles. The maximum atomic E-state index is 13.7. The molecule has 2 heterocycles. The molecule has 10 heteroatoms. The minimum absolute atomic E-state index is 0.0417. The van der Waals surface area contributed by atoms with Crippen LogP contribution in [0.25, 0.3) is 6.08 Å². The number of thioether (sulfide) groups is 1. The fourth-order valence-corrected chi connectivity index (χ4v) is 5.35. The topological polar surface area (TPSA) is 69.9 Å². The number of esters is 1. The fourth-order valence-electron chi connectivity index (χ4n) is 3.91. The SMILES string of the molecule is CSc1ccc([C@H]2C(C(=O)OC(C)C)=C(C)N=c3s/c(=C\c4ccccc4OC(F)F)c(=O)n32)cc1. The zero-order valence-electron chi connectivity index (χ0n) is 20.0. The van der Waals surface area contributed by atoms with Crippen molar-refractivity contribution in [2.45, 2.75) is 44.4 Å². The van der Waals surface area contributed by atoms with E-state index < -0.39 is 24.2 Å². The number of benzene rings is 2. The molecule has 1 atom stereocenters. The number of hydrogen-bond acceptors (Lipinski definition) is 7. The number of carbonyl (C=O) groups excluding carboxylic acids is 1. The van der Waals surface area contributed by atoms with E-state index >= 15 is 0 Å². The lowest BCUT2D eigenvalue weighted by Crippen LogP contribution is -2.40. The number of ether oxygens (including phenoxy) is 2. The van der Waals surface area contributed by atoms with Crippen LogP contribution in [-0.4, -0.2) is 29.5 Å². The zero-order chi connectivity index (χ0) is 26.0. The summed E-state index contributed by atoms with van der Waals surface area (Å²) >= 11 is 2.70. The minimum atomic E-state index is -3.00.